The molecular weight excluding hydrogens is 396 g/mol. The molecule has 0 fully saturated rings. The molecule has 3 rings (SSSR count). The Morgan fingerprint density at radius 3 is 2.23 bits per heavy atom. The van der Waals surface area contributed by atoms with Crippen molar-refractivity contribution < 1.29 is 27.1 Å². The number of carbonyl (C=O) groups is 1. The number of halogens is 4. The molecule has 2 nitrogen and oxygen atoms in total. The second-order valence-electron chi connectivity index (χ2n) is 7.23. The molecule has 0 saturated carbocycles. The number of esters is 1. The first kappa shape index (κ1) is 21.8. The first-order valence-corrected chi connectivity index (χ1v) is 9.98. The SMILES string of the molecule is CCCCCCCc1cc(F)c(C(=O)Oc2ccc3c(F)c(F)ccc3c2)c(F)c1. The largest absolute Gasteiger partial charge is 0.423 e. The van der Waals surface area contributed by atoms with Crippen molar-refractivity contribution in [3.63, 3.8) is 0 Å². The molecule has 0 amide bonds. The van der Waals surface area contributed by atoms with Crippen molar-refractivity contribution in [2.24, 2.45) is 0 Å². The number of hydrogen-bond acceptors (Lipinski definition) is 2. The van der Waals surface area contributed by atoms with Crippen molar-refractivity contribution in [1.29, 1.82) is 0 Å². The van der Waals surface area contributed by atoms with E-state index in [1.165, 1.54) is 24.3 Å². The normalized spacial score (nSPS) is 11.1. The summed E-state index contributed by atoms with van der Waals surface area (Å²) in [5.74, 6) is -5.22. The number of hydrogen-bond donors (Lipinski definition) is 0. The Balaban J connectivity index is 1.73. The highest BCUT2D eigenvalue weighted by molar-refractivity contribution is 5.92. The van der Waals surface area contributed by atoms with Crippen LogP contribution in [0.2, 0.25) is 0 Å². The van der Waals surface area contributed by atoms with E-state index in [9.17, 15) is 22.4 Å². The van der Waals surface area contributed by atoms with E-state index >= 15 is 0 Å². The lowest BCUT2D eigenvalue weighted by molar-refractivity contribution is 0.0725. The average molecular weight is 418 g/mol. The van der Waals surface area contributed by atoms with Gasteiger partial charge in [0.15, 0.2) is 11.6 Å². The van der Waals surface area contributed by atoms with Crippen LogP contribution in [0.5, 0.6) is 5.75 Å². The number of unbranched alkanes of at least 4 members (excludes halogenated alkanes) is 4. The van der Waals surface area contributed by atoms with E-state index in [1.807, 2.05) is 0 Å². The summed E-state index contributed by atoms with van der Waals surface area (Å²) in [6, 6.07) is 8.35. The van der Waals surface area contributed by atoms with Gasteiger partial charge in [-0.25, -0.2) is 22.4 Å². The molecule has 0 atom stereocenters. The van der Waals surface area contributed by atoms with Crippen LogP contribution in [-0.4, -0.2) is 5.97 Å². The second-order valence-corrected chi connectivity index (χ2v) is 7.23. The molecule has 0 radical (unpaired) electrons. The lowest BCUT2D eigenvalue weighted by Crippen LogP contribution is -2.14. The van der Waals surface area contributed by atoms with Crippen molar-refractivity contribution >= 4 is 16.7 Å². The van der Waals surface area contributed by atoms with Crippen LogP contribution >= 0.6 is 0 Å². The van der Waals surface area contributed by atoms with Gasteiger partial charge < -0.3 is 4.74 Å². The second kappa shape index (κ2) is 9.74. The Morgan fingerprint density at radius 2 is 1.53 bits per heavy atom. The van der Waals surface area contributed by atoms with Gasteiger partial charge in [-0.2, -0.15) is 0 Å². The maximum Gasteiger partial charge on any atom is 0.349 e. The smallest absolute Gasteiger partial charge is 0.349 e. The van der Waals surface area contributed by atoms with E-state index in [2.05, 4.69) is 6.92 Å². The summed E-state index contributed by atoms with van der Waals surface area (Å²) >= 11 is 0. The summed E-state index contributed by atoms with van der Waals surface area (Å²) in [6.07, 6.45) is 5.64. The molecule has 30 heavy (non-hydrogen) atoms. The van der Waals surface area contributed by atoms with Gasteiger partial charge in [0, 0.05) is 5.39 Å². The van der Waals surface area contributed by atoms with Crippen molar-refractivity contribution in [2.45, 2.75) is 45.4 Å². The third-order valence-electron chi connectivity index (χ3n) is 4.96. The third kappa shape index (κ3) is 4.99. The van der Waals surface area contributed by atoms with Crippen molar-refractivity contribution in [3.8, 4) is 5.75 Å². The molecule has 0 bridgehead atoms. The zero-order valence-electron chi connectivity index (χ0n) is 16.6. The number of fused-ring (bicyclic) bond motifs is 1. The van der Waals surface area contributed by atoms with Gasteiger partial charge in [-0.15, -0.1) is 0 Å². The quantitative estimate of drug-likeness (QED) is 0.168. The molecule has 3 aromatic rings. The van der Waals surface area contributed by atoms with E-state index in [1.54, 1.807) is 0 Å². The van der Waals surface area contributed by atoms with Gasteiger partial charge in [-0.3, -0.25) is 0 Å². The number of aryl methyl sites for hydroxylation is 1. The van der Waals surface area contributed by atoms with Crippen molar-refractivity contribution in [3.05, 3.63) is 76.9 Å². The zero-order chi connectivity index (χ0) is 21.7. The molecule has 0 aliphatic heterocycles. The lowest BCUT2D eigenvalue weighted by atomic mass is 10.0. The maximum atomic E-state index is 14.4. The molecule has 0 aromatic heterocycles. The Morgan fingerprint density at radius 1 is 0.833 bits per heavy atom. The first-order chi connectivity index (χ1) is 14.4. The van der Waals surface area contributed by atoms with Crippen molar-refractivity contribution in [1.82, 2.24) is 0 Å². The lowest BCUT2D eigenvalue weighted by Gasteiger charge is -2.10. The molecule has 158 valence electrons. The van der Waals surface area contributed by atoms with Crippen LogP contribution in [-0.2, 0) is 6.42 Å². The summed E-state index contributed by atoms with van der Waals surface area (Å²) in [6.45, 7) is 2.11. The monoisotopic (exact) mass is 418 g/mol. The van der Waals surface area contributed by atoms with Crippen LogP contribution in [0.25, 0.3) is 10.8 Å². The summed E-state index contributed by atoms with van der Waals surface area (Å²) in [5, 5.41) is 0.300. The Hall–Kier alpha value is -2.89. The van der Waals surface area contributed by atoms with E-state index in [4.69, 9.17) is 4.74 Å². The van der Waals surface area contributed by atoms with E-state index in [-0.39, 0.29) is 11.1 Å². The molecule has 0 N–H and O–H groups in total. The summed E-state index contributed by atoms with van der Waals surface area (Å²) in [4.78, 5) is 12.3. The number of carbonyl (C=O) groups excluding carboxylic acids is 1. The Labute approximate surface area is 172 Å². The molecule has 0 unspecified atom stereocenters. The highest BCUT2D eigenvalue weighted by Crippen LogP contribution is 2.26. The summed E-state index contributed by atoms with van der Waals surface area (Å²) in [5.41, 5.74) is -0.295. The topological polar surface area (TPSA) is 26.3 Å². The van der Waals surface area contributed by atoms with Gasteiger partial charge in [0.1, 0.15) is 22.9 Å². The predicted molar refractivity (Wildman–Crippen MR) is 108 cm³/mol. The Kier molecular flexibility index (Phi) is 7.08. The highest BCUT2D eigenvalue weighted by atomic mass is 19.2. The minimum atomic E-state index is -1.19. The number of ether oxygens (including phenoxy) is 1. The minimum absolute atomic E-state index is 0.00968. The third-order valence-corrected chi connectivity index (χ3v) is 4.96. The van der Waals surface area contributed by atoms with Crippen LogP contribution in [0.15, 0.2) is 42.5 Å². The number of benzene rings is 3. The molecule has 0 heterocycles. The van der Waals surface area contributed by atoms with Gasteiger partial charge >= 0.3 is 5.97 Å². The van der Waals surface area contributed by atoms with Crippen LogP contribution < -0.4 is 4.74 Å². The highest BCUT2D eigenvalue weighted by Gasteiger charge is 2.21. The maximum absolute atomic E-state index is 14.4. The zero-order valence-corrected chi connectivity index (χ0v) is 16.6. The summed E-state index contributed by atoms with van der Waals surface area (Å²) < 4.78 is 61.0. The van der Waals surface area contributed by atoms with Gasteiger partial charge in [0.2, 0.25) is 0 Å². The number of rotatable bonds is 8. The Bertz CT molecular complexity index is 1040. The van der Waals surface area contributed by atoms with Gasteiger partial charge in [0.05, 0.1) is 0 Å². The molecule has 3 aromatic carbocycles. The molecule has 0 spiro atoms. The van der Waals surface area contributed by atoms with E-state index < -0.39 is 34.8 Å². The van der Waals surface area contributed by atoms with Crippen LogP contribution in [0.1, 0.15) is 54.9 Å². The van der Waals surface area contributed by atoms with Crippen LogP contribution in [0.4, 0.5) is 17.6 Å². The van der Waals surface area contributed by atoms with Gasteiger partial charge in [-0.05, 0) is 60.2 Å². The van der Waals surface area contributed by atoms with Gasteiger partial charge in [0.25, 0.3) is 0 Å². The molecule has 6 heteroatoms. The van der Waals surface area contributed by atoms with Gasteiger partial charge in [-0.1, -0.05) is 38.7 Å². The van der Waals surface area contributed by atoms with Crippen molar-refractivity contribution in [2.75, 3.05) is 0 Å². The molecule has 0 saturated heterocycles. The average Bonchev–Trinajstić information content (AvgIpc) is 2.70. The molecule has 0 aliphatic carbocycles. The molecule has 0 aliphatic rings. The van der Waals surface area contributed by atoms with E-state index in [0.29, 0.717) is 17.4 Å². The first-order valence-electron chi connectivity index (χ1n) is 9.98. The molecular formula is C24H22F4O2. The van der Waals surface area contributed by atoms with Crippen LogP contribution in [0, 0.1) is 23.3 Å². The summed E-state index contributed by atoms with van der Waals surface area (Å²) in [7, 11) is 0. The predicted octanol–water partition coefficient (Wildman–Crippen LogP) is 7.13. The minimum Gasteiger partial charge on any atom is -0.423 e. The fourth-order valence-electron chi connectivity index (χ4n) is 3.36. The fourth-order valence-corrected chi connectivity index (χ4v) is 3.36. The fraction of sp³-hybridized carbons (Fsp3) is 0.292. The standard InChI is InChI=1S/C24H22F4O2/c1-2-3-4-5-6-7-15-12-20(26)22(21(27)13-15)24(29)30-17-9-10-18-16(14-17)8-11-19(25)23(18)28/h8-14H,2-7H2,1H3. The van der Waals surface area contributed by atoms with Crippen LogP contribution in [0.3, 0.4) is 0 Å². The van der Waals surface area contributed by atoms with E-state index in [0.717, 1.165) is 50.3 Å².